The number of benzene rings is 1. The van der Waals surface area contributed by atoms with Gasteiger partial charge in [-0.1, -0.05) is 24.3 Å². The minimum atomic E-state index is -0.208. The van der Waals surface area contributed by atoms with Crippen LogP contribution in [0.2, 0.25) is 0 Å². The van der Waals surface area contributed by atoms with Crippen LogP contribution in [0.25, 0.3) is 0 Å². The Balaban J connectivity index is 2.23. The van der Waals surface area contributed by atoms with Crippen molar-refractivity contribution in [1.29, 1.82) is 0 Å². The molecule has 3 heteroatoms. The first-order chi connectivity index (χ1) is 7.70. The summed E-state index contributed by atoms with van der Waals surface area (Å²) in [5.41, 5.74) is 13.8. The van der Waals surface area contributed by atoms with Crippen LogP contribution in [0.15, 0.2) is 40.8 Å². The number of nitrogens with two attached hydrogens (primary N) is 2. The fraction of sp³-hybridized carbons (Fsp3) is 0.231. The number of aryl methyl sites for hydroxylation is 1. The van der Waals surface area contributed by atoms with Crippen molar-refractivity contribution in [2.75, 3.05) is 0 Å². The van der Waals surface area contributed by atoms with Gasteiger partial charge in [-0.15, -0.1) is 0 Å². The summed E-state index contributed by atoms with van der Waals surface area (Å²) in [7, 11) is 0. The van der Waals surface area contributed by atoms with Crippen molar-refractivity contribution in [3.8, 4) is 0 Å². The number of hydrogen-bond donors (Lipinski definition) is 2. The molecule has 1 atom stereocenters. The van der Waals surface area contributed by atoms with E-state index in [0.717, 1.165) is 22.6 Å². The molecule has 0 spiro atoms. The first kappa shape index (κ1) is 10.9. The highest BCUT2D eigenvalue weighted by atomic mass is 16.3. The van der Waals surface area contributed by atoms with E-state index in [1.165, 1.54) is 0 Å². The van der Waals surface area contributed by atoms with Gasteiger partial charge in [0.1, 0.15) is 11.5 Å². The van der Waals surface area contributed by atoms with Crippen LogP contribution in [-0.2, 0) is 6.54 Å². The minimum Gasteiger partial charge on any atom is -0.464 e. The fourth-order valence-corrected chi connectivity index (χ4v) is 1.65. The van der Waals surface area contributed by atoms with Crippen molar-refractivity contribution in [1.82, 2.24) is 0 Å². The Kier molecular flexibility index (Phi) is 3.08. The van der Waals surface area contributed by atoms with Crippen LogP contribution in [0, 0.1) is 6.92 Å². The Morgan fingerprint density at radius 3 is 2.31 bits per heavy atom. The van der Waals surface area contributed by atoms with E-state index in [-0.39, 0.29) is 6.04 Å². The van der Waals surface area contributed by atoms with E-state index in [4.69, 9.17) is 15.9 Å². The van der Waals surface area contributed by atoms with E-state index in [0.29, 0.717) is 6.54 Å². The maximum atomic E-state index is 6.10. The van der Waals surface area contributed by atoms with Crippen LogP contribution >= 0.6 is 0 Å². The molecule has 1 aromatic carbocycles. The Labute approximate surface area is 95.1 Å². The summed E-state index contributed by atoms with van der Waals surface area (Å²) >= 11 is 0. The van der Waals surface area contributed by atoms with E-state index in [1.54, 1.807) is 0 Å². The summed E-state index contributed by atoms with van der Waals surface area (Å²) in [5.74, 6) is 1.67. The topological polar surface area (TPSA) is 65.2 Å². The van der Waals surface area contributed by atoms with Gasteiger partial charge < -0.3 is 15.9 Å². The molecular weight excluding hydrogens is 200 g/mol. The zero-order chi connectivity index (χ0) is 11.5. The van der Waals surface area contributed by atoms with Gasteiger partial charge in [0.2, 0.25) is 0 Å². The Hall–Kier alpha value is -1.58. The third kappa shape index (κ3) is 2.15. The monoisotopic (exact) mass is 216 g/mol. The summed E-state index contributed by atoms with van der Waals surface area (Å²) < 4.78 is 5.51. The first-order valence-electron chi connectivity index (χ1n) is 5.31. The van der Waals surface area contributed by atoms with E-state index >= 15 is 0 Å². The predicted molar refractivity (Wildman–Crippen MR) is 63.8 cm³/mol. The van der Waals surface area contributed by atoms with Crippen LogP contribution in [0.1, 0.15) is 28.7 Å². The van der Waals surface area contributed by atoms with Crippen molar-refractivity contribution in [2.24, 2.45) is 11.5 Å². The molecule has 1 unspecified atom stereocenters. The minimum absolute atomic E-state index is 0.208. The van der Waals surface area contributed by atoms with Crippen LogP contribution in [0.4, 0.5) is 0 Å². The lowest BCUT2D eigenvalue weighted by atomic mass is 10.0. The zero-order valence-electron chi connectivity index (χ0n) is 9.31. The summed E-state index contributed by atoms with van der Waals surface area (Å²) in [6.45, 7) is 2.46. The van der Waals surface area contributed by atoms with Crippen LogP contribution in [-0.4, -0.2) is 0 Å². The van der Waals surface area contributed by atoms with E-state index in [2.05, 4.69) is 0 Å². The third-order valence-corrected chi connectivity index (χ3v) is 2.64. The molecule has 0 fully saturated rings. The summed E-state index contributed by atoms with van der Waals surface area (Å²) in [4.78, 5) is 0. The van der Waals surface area contributed by atoms with Gasteiger partial charge in [-0.05, 0) is 30.2 Å². The molecule has 0 amide bonds. The molecular formula is C13H16N2O. The second-order valence-corrected chi connectivity index (χ2v) is 3.87. The molecule has 0 saturated heterocycles. The Morgan fingerprint density at radius 1 is 1.12 bits per heavy atom. The summed E-state index contributed by atoms with van der Waals surface area (Å²) in [6.07, 6.45) is 0. The van der Waals surface area contributed by atoms with E-state index in [9.17, 15) is 0 Å². The van der Waals surface area contributed by atoms with Crippen molar-refractivity contribution in [2.45, 2.75) is 19.5 Å². The molecule has 0 aliphatic heterocycles. The van der Waals surface area contributed by atoms with E-state index < -0.39 is 0 Å². The molecule has 0 aliphatic carbocycles. The average molecular weight is 216 g/mol. The second kappa shape index (κ2) is 4.51. The average Bonchev–Trinajstić information content (AvgIpc) is 2.75. The molecule has 84 valence electrons. The smallest absolute Gasteiger partial charge is 0.125 e. The number of rotatable bonds is 3. The lowest BCUT2D eigenvalue weighted by molar-refractivity contribution is 0.466. The zero-order valence-corrected chi connectivity index (χ0v) is 9.31. The molecule has 16 heavy (non-hydrogen) atoms. The summed E-state index contributed by atoms with van der Waals surface area (Å²) in [5, 5.41) is 0. The quantitative estimate of drug-likeness (QED) is 0.825. The first-order valence-corrected chi connectivity index (χ1v) is 5.31. The molecule has 4 N–H and O–H groups in total. The van der Waals surface area contributed by atoms with Gasteiger partial charge in [-0.3, -0.25) is 0 Å². The van der Waals surface area contributed by atoms with Gasteiger partial charge in [0.25, 0.3) is 0 Å². The number of furan rings is 1. The SMILES string of the molecule is Cc1ccc(C(N)c2ccc(CN)cc2)o1. The highest BCUT2D eigenvalue weighted by Gasteiger charge is 2.11. The Bertz CT molecular complexity index is 459. The molecule has 1 aromatic heterocycles. The van der Waals surface area contributed by atoms with E-state index in [1.807, 2.05) is 43.3 Å². The fourth-order valence-electron chi connectivity index (χ4n) is 1.65. The summed E-state index contributed by atoms with van der Waals surface area (Å²) in [6, 6.07) is 11.6. The highest BCUT2D eigenvalue weighted by molar-refractivity contribution is 5.29. The van der Waals surface area contributed by atoms with Gasteiger partial charge in [0.15, 0.2) is 0 Å². The van der Waals surface area contributed by atoms with Crippen LogP contribution in [0.3, 0.4) is 0 Å². The third-order valence-electron chi connectivity index (χ3n) is 2.64. The molecule has 2 rings (SSSR count). The van der Waals surface area contributed by atoms with Crippen LogP contribution in [0.5, 0.6) is 0 Å². The largest absolute Gasteiger partial charge is 0.464 e. The molecule has 0 bridgehead atoms. The van der Waals surface area contributed by atoms with Crippen molar-refractivity contribution < 1.29 is 4.42 Å². The number of hydrogen-bond acceptors (Lipinski definition) is 3. The van der Waals surface area contributed by atoms with Gasteiger partial charge >= 0.3 is 0 Å². The van der Waals surface area contributed by atoms with Crippen molar-refractivity contribution >= 4 is 0 Å². The lowest BCUT2D eigenvalue weighted by Crippen LogP contribution is -2.11. The van der Waals surface area contributed by atoms with Gasteiger partial charge in [-0.25, -0.2) is 0 Å². The standard InChI is InChI=1S/C13H16N2O/c1-9-2-7-12(16-9)13(15)11-5-3-10(8-14)4-6-11/h2-7,13H,8,14-15H2,1H3. The molecule has 0 radical (unpaired) electrons. The maximum Gasteiger partial charge on any atom is 0.125 e. The molecule has 0 aliphatic rings. The van der Waals surface area contributed by atoms with Gasteiger partial charge in [0.05, 0.1) is 6.04 Å². The molecule has 1 heterocycles. The van der Waals surface area contributed by atoms with Gasteiger partial charge in [0, 0.05) is 6.54 Å². The highest BCUT2D eigenvalue weighted by Crippen LogP contribution is 2.21. The molecule has 3 nitrogen and oxygen atoms in total. The van der Waals surface area contributed by atoms with Crippen molar-refractivity contribution in [3.05, 3.63) is 59.0 Å². The molecule has 2 aromatic rings. The van der Waals surface area contributed by atoms with Crippen LogP contribution < -0.4 is 11.5 Å². The maximum absolute atomic E-state index is 6.10. The normalized spacial score (nSPS) is 12.7. The van der Waals surface area contributed by atoms with Gasteiger partial charge in [-0.2, -0.15) is 0 Å². The second-order valence-electron chi connectivity index (χ2n) is 3.87. The van der Waals surface area contributed by atoms with Crippen molar-refractivity contribution in [3.63, 3.8) is 0 Å². The lowest BCUT2D eigenvalue weighted by Gasteiger charge is -2.09. The predicted octanol–water partition coefficient (Wildman–Crippen LogP) is 2.09. The Morgan fingerprint density at radius 2 is 1.81 bits per heavy atom. The molecule has 0 saturated carbocycles.